The molecule has 4 N–H and O–H groups in total. The lowest BCUT2D eigenvalue weighted by molar-refractivity contribution is 0.316. The number of hydrogen-bond acceptors (Lipinski definition) is 3. The first-order chi connectivity index (χ1) is 7.68. The number of phenolic OH excluding ortho intramolecular Hbond substituents is 1. The molecule has 2 rings (SSSR count). The first kappa shape index (κ1) is 11.4. The maximum atomic E-state index is 9.90. The van der Waals surface area contributed by atoms with Crippen molar-refractivity contribution in [3.8, 4) is 5.75 Å². The number of nitrogens with two attached hydrogens (primary N) is 1. The molecule has 1 aliphatic heterocycles. The van der Waals surface area contributed by atoms with Crippen LogP contribution in [0.4, 0.5) is 0 Å². The van der Waals surface area contributed by atoms with Crippen LogP contribution >= 0.6 is 0 Å². The van der Waals surface area contributed by atoms with Crippen LogP contribution < -0.4 is 11.1 Å². The van der Waals surface area contributed by atoms with Gasteiger partial charge in [0.1, 0.15) is 5.75 Å². The predicted molar refractivity (Wildman–Crippen MR) is 65.4 cm³/mol. The molecule has 1 aromatic rings. The molecule has 0 radical (unpaired) electrons. The van der Waals surface area contributed by atoms with Gasteiger partial charge in [-0.05, 0) is 50.4 Å². The van der Waals surface area contributed by atoms with Crippen molar-refractivity contribution >= 4 is 0 Å². The van der Waals surface area contributed by atoms with Gasteiger partial charge in [-0.25, -0.2) is 0 Å². The van der Waals surface area contributed by atoms with Gasteiger partial charge in [0.05, 0.1) is 0 Å². The summed E-state index contributed by atoms with van der Waals surface area (Å²) >= 11 is 0. The number of rotatable bonds is 2. The van der Waals surface area contributed by atoms with E-state index in [1.807, 2.05) is 19.1 Å². The number of benzene rings is 1. The fourth-order valence-corrected chi connectivity index (χ4v) is 2.39. The summed E-state index contributed by atoms with van der Waals surface area (Å²) in [5.41, 5.74) is 8.19. The number of aromatic hydroxyl groups is 1. The van der Waals surface area contributed by atoms with E-state index in [4.69, 9.17) is 5.73 Å². The highest BCUT2D eigenvalue weighted by molar-refractivity contribution is 5.38. The monoisotopic (exact) mass is 220 g/mol. The van der Waals surface area contributed by atoms with Gasteiger partial charge in [0.15, 0.2) is 0 Å². The molecule has 0 spiro atoms. The van der Waals surface area contributed by atoms with Crippen LogP contribution in [0.1, 0.15) is 30.0 Å². The minimum absolute atomic E-state index is 0.0392. The van der Waals surface area contributed by atoms with Crippen LogP contribution in [0.25, 0.3) is 0 Å². The van der Waals surface area contributed by atoms with Crippen LogP contribution in [-0.4, -0.2) is 18.2 Å². The predicted octanol–water partition coefficient (Wildman–Crippen LogP) is 1.70. The smallest absolute Gasteiger partial charge is 0.120 e. The SMILES string of the molecule is Cc1ccc([C@H](N)C2CCNCC2)c(O)c1. The Morgan fingerprint density at radius 1 is 1.38 bits per heavy atom. The molecule has 0 amide bonds. The van der Waals surface area contributed by atoms with Gasteiger partial charge in [0, 0.05) is 11.6 Å². The van der Waals surface area contributed by atoms with Gasteiger partial charge >= 0.3 is 0 Å². The molecule has 0 unspecified atom stereocenters. The van der Waals surface area contributed by atoms with Crippen LogP contribution in [0.15, 0.2) is 18.2 Å². The van der Waals surface area contributed by atoms with Crippen molar-refractivity contribution in [1.29, 1.82) is 0 Å². The number of aryl methyl sites for hydroxylation is 1. The molecule has 1 atom stereocenters. The minimum Gasteiger partial charge on any atom is -0.508 e. The Morgan fingerprint density at radius 3 is 2.69 bits per heavy atom. The zero-order valence-electron chi connectivity index (χ0n) is 9.74. The molecule has 1 saturated heterocycles. The van der Waals surface area contributed by atoms with Gasteiger partial charge in [-0.15, -0.1) is 0 Å². The highest BCUT2D eigenvalue weighted by atomic mass is 16.3. The van der Waals surface area contributed by atoms with Crippen LogP contribution in [0.5, 0.6) is 5.75 Å². The van der Waals surface area contributed by atoms with E-state index in [9.17, 15) is 5.11 Å². The van der Waals surface area contributed by atoms with Crippen LogP contribution in [0.3, 0.4) is 0 Å². The van der Waals surface area contributed by atoms with Crippen molar-refractivity contribution in [2.45, 2.75) is 25.8 Å². The van der Waals surface area contributed by atoms with E-state index in [0.29, 0.717) is 11.7 Å². The topological polar surface area (TPSA) is 58.3 Å². The molecule has 1 aromatic carbocycles. The average molecular weight is 220 g/mol. The standard InChI is InChI=1S/C13H20N2O/c1-9-2-3-11(12(16)8-9)13(14)10-4-6-15-7-5-10/h2-3,8,10,13,15-16H,4-7,14H2,1H3/t13-/m1/s1. The molecular formula is C13H20N2O. The van der Waals surface area contributed by atoms with Crippen molar-refractivity contribution in [2.24, 2.45) is 11.7 Å². The molecule has 0 saturated carbocycles. The van der Waals surface area contributed by atoms with E-state index < -0.39 is 0 Å². The van der Waals surface area contributed by atoms with Gasteiger partial charge in [-0.1, -0.05) is 12.1 Å². The Balaban J connectivity index is 2.15. The summed E-state index contributed by atoms with van der Waals surface area (Å²) in [5.74, 6) is 0.820. The van der Waals surface area contributed by atoms with E-state index in [-0.39, 0.29) is 6.04 Å². The lowest BCUT2D eigenvalue weighted by atomic mass is 9.86. The Bertz CT molecular complexity index is 359. The fourth-order valence-electron chi connectivity index (χ4n) is 2.39. The van der Waals surface area contributed by atoms with E-state index >= 15 is 0 Å². The molecule has 16 heavy (non-hydrogen) atoms. The van der Waals surface area contributed by atoms with Crippen LogP contribution in [0, 0.1) is 12.8 Å². The first-order valence-corrected chi connectivity index (χ1v) is 5.94. The molecule has 88 valence electrons. The zero-order valence-corrected chi connectivity index (χ0v) is 9.74. The summed E-state index contributed by atoms with van der Waals surface area (Å²) in [6, 6.07) is 5.71. The van der Waals surface area contributed by atoms with E-state index in [1.165, 1.54) is 0 Å². The van der Waals surface area contributed by atoms with E-state index in [1.54, 1.807) is 6.07 Å². The van der Waals surface area contributed by atoms with Gasteiger partial charge < -0.3 is 16.2 Å². The molecule has 0 bridgehead atoms. The third-order valence-corrected chi connectivity index (χ3v) is 3.44. The summed E-state index contributed by atoms with van der Waals surface area (Å²) in [6.07, 6.45) is 2.18. The number of hydrogen-bond donors (Lipinski definition) is 3. The van der Waals surface area contributed by atoms with Gasteiger partial charge in [-0.2, -0.15) is 0 Å². The first-order valence-electron chi connectivity index (χ1n) is 5.94. The largest absolute Gasteiger partial charge is 0.508 e. The molecular weight excluding hydrogens is 200 g/mol. The Morgan fingerprint density at radius 2 is 2.06 bits per heavy atom. The zero-order chi connectivity index (χ0) is 11.5. The Kier molecular flexibility index (Phi) is 3.46. The average Bonchev–Trinajstić information content (AvgIpc) is 2.29. The fraction of sp³-hybridized carbons (Fsp3) is 0.538. The number of piperidine rings is 1. The van der Waals surface area contributed by atoms with Crippen LogP contribution in [-0.2, 0) is 0 Å². The molecule has 3 nitrogen and oxygen atoms in total. The van der Waals surface area contributed by atoms with Gasteiger partial charge in [0.2, 0.25) is 0 Å². The normalized spacial score (nSPS) is 19.6. The molecule has 0 aromatic heterocycles. The summed E-state index contributed by atoms with van der Waals surface area (Å²) < 4.78 is 0. The third-order valence-electron chi connectivity index (χ3n) is 3.44. The number of phenols is 1. The number of nitrogens with one attached hydrogen (secondary N) is 1. The van der Waals surface area contributed by atoms with Gasteiger partial charge in [0.25, 0.3) is 0 Å². The minimum atomic E-state index is -0.0392. The lowest BCUT2D eigenvalue weighted by Gasteiger charge is -2.28. The van der Waals surface area contributed by atoms with Gasteiger partial charge in [-0.3, -0.25) is 0 Å². The second-order valence-corrected chi connectivity index (χ2v) is 4.68. The van der Waals surface area contributed by atoms with Crippen molar-refractivity contribution in [3.63, 3.8) is 0 Å². The Hall–Kier alpha value is -1.06. The maximum absolute atomic E-state index is 9.90. The summed E-state index contributed by atoms with van der Waals surface area (Å²) in [5, 5.41) is 13.2. The van der Waals surface area contributed by atoms with Crippen molar-refractivity contribution in [2.75, 3.05) is 13.1 Å². The van der Waals surface area contributed by atoms with E-state index in [2.05, 4.69) is 5.32 Å². The lowest BCUT2D eigenvalue weighted by Crippen LogP contribution is -2.33. The van der Waals surface area contributed by atoms with Crippen molar-refractivity contribution < 1.29 is 5.11 Å². The molecule has 1 aliphatic rings. The highest BCUT2D eigenvalue weighted by Gasteiger charge is 2.23. The van der Waals surface area contributed by atoms with Crippen LogP contribution in [0.2, 0.25) is 0 Å². The third kappa shape index (κ3) is 2.36. The second kappa shape index (κ2) is 4.85. The summed E-state index contributed by atoms with van der Waals surface area (Å²) in [7, 11) is 0. The summed E-state index contributed by atoms with van der Waals surface area (Å²) in [6.45, 7) is 4.04. The van der Waals surface area contributed by atoms with Crippen molar-refractivity contribution in [1.82, 2.24) is 5.32 Å². The molecule has 1 heterocycles. The Labute approximate surface area is 96.7 Å². The van der Waals surface area contributed by atoms with E-state index in [0.717, 1.165) is 37.1 Å². The quantitative estimate of drug-likeness (QED) is 0.711. The molecule has 0 aliphatic carbocycles. The maximum Gasteiger partial charge on any atom is 0.120 e. The molecule has 3 heteroatoms. The molecule has 1 fully saturated rings. The van der Waals surface area contributed by atoms with Crippen molar-refractivity contribution in [3.05, 3.63) is 29.3 Å². The summed E-state index contributed by atoms with van der Waals surface area (Å²) in [4.78, 5) is 0. The second-order valence-electron chi connectivity index (χ2n) is 4.68. The highest BCUT2D eigenvalue weighted by Crippen LogP contribution is 2.32.